The second-order valence-electron chi connectivity index (χ2n) is 8.48. The Morgan fingerprint density at radius 2 is 1.82 bits per heavy atom. The number of fused-ring (bicyclic) bond motifs is 1. The molecule has 0 saturated heterocycles. The fraction of sp³-hybridized carbons (Fsp3) is 0.280. The SMILES string of the molecule is Cc1nn([C@H]2CC[C@H](O)CC2)cc1-c1cc(Sc2ccc(F)cc2C#N)c2c(C#N)cnn2c1. The summed E-state index contributed by atoms with van der Waals surface area (Å²) in [5, 5.41) is 38.0. The molecule has 0 unspecified atom stereocenters. The number of hydrogen-bond acceptors (Lipinski definition) is 6. The van der Waals surface area contributed by atoms with Crippen LogP contribution in [0.4, 0.5) is 4.39 Å². The van der Waals surface area contributed by atoms with Crippen LogP contribution in [0.2, 0.25) is 0 Å². The van der Waals surface area contributed by atoms with Gasteiger partial charge in [0.2, 0.25) is 0 Å². The molecule has 1 aliphatic rings. The van der Waals surface area contributed by atoms with Crippen LogP contribution in [-0.4, -0.2) is 30.6 Å². The number of aliphatic hydroxyl groups excluding tert-OH is 1. The molecule has 0 radical (unpaired) electrons. The van der Waals surface area contributed by atoms with Gasteiger partial charge in [-0.15, -0.1) is 0 Å². The van der Waals surface area contributed by atoms with E-state index in [1.54, 1.807) is 10.6 Å². The Kier molecular flexibility index (Phi) is 5.82. The molecular formula is C25H21FN6OS. The van der Waals surface area contributed by atoms with Gasteiger partial charge in [0.1, 0.15) is 18.0 Å². The van der Waals surface area contributed by atoms with E-state index in [-0.39, 0.29) is 17.7 Å². The summed E-state index contributed by atoms with van der Waals surface area (Å²) < 4.78 is 17.3. The molecule has 3 aromatic heterocycles. The number of aliphatic hydroxyl groups is 1. The highest BCUT2D eigenvalue weighted by atomic mass is 32.2. The van der Waals surface area contributed by atoms with E-state index in [1.807, 2.05) is 36.1 Å². The molecule has 1 aromatic carbocycles. The number of aryl methyl sites for hydroxylation is 1. The number of halogens is 1. The molecule has 170 valence electrons. The van der Waals surface area contributed by atoms with Gasteiger partial charge >= 0.3 is 0 Å². The molecule has 34 heavy (non-hydrogen) atoms. The Hall–Kier alpha value is -3.66. The summed E-state index contributed by atoms with van der Waals surface area (Å²) in [6.45, 7) is 1.96. The van der Waals surface area contributed by atoms with E-state index < -0.39 is 5.82 Å². The molecule has 7 nitrogen and oxygen atoms in total. The summed E-state index contributed by atoms with van der Waals surface area (Å²) in [4.78, 5) is 1.34. The standard InChI is InChI=1S/C25H21FN6OS/c1-15-22(14-31(30-15)20-3-5-21(33)6-4-20)17-9-24(25-18(11-28)12-29-32(25)13-17)34-23-7-2-19(26)8-16(23)10-27/h2,7-9,12-14,20-21,33H,3-6H2,1H3/t20-,21-. The van der Waals surface area contributed by atoms with Crippen LogP contribution < -0.4 is 0 Å². The molecule has 0 aliphatic heterocycles. The van der Waals surface area contributed by atoms with Crippen molar-refractivity contribution in [3.05, 3.63) is 65.5 Å². The minimum Gasteiger partial charge on any atom is -0.393 e. The summed E-state index contributed by atoms with van der Waals surface area (Å²) in [7, 11) is 0. The molecule has 0 spiro atoms. The van der Waals surface area contributed by atoms with Gasteiger partial charge in [0.05, 0.1) is 40.7 Å². The first-order valence-corrected chi connectivity index (χ1v) is 11.8. The van der Waals surface area contributed by atoms with E-state index in [9.17, 15) is 20.0 Å². The average Bonchev–Trinajstić information content (AvgIpc) is 3.44. The number of benzene rings is 1. The molecule has 1 N–H and O–H groups in total. The van der Waals surface area contributed by atoms with Crippen molar-refractivity contribution >= 4 is 17.3 Å². The zero-order valence-corrected chi connectivity index (χ0v) is 19.3. The highest BCUT2D eigenvalue weighted by Crippen LogP contribution is 2.38. The van der Waals surface area contributed by atoms with Crippen molar-refractivity contribution in [2.24, 2.45) is 0 Å². The summed E-state index contributed by atoms with van der Waals surface area (Å²) in [5.74, 6) is -0.472. The quantitative estimate of drug-likeness (QED) is 0.448. The first-order chi connectivity index (χ1) is 16.5. The predicted molar refractivity (Wildman–Crippen MR) is 125 cm³/mol. The second kappa shape index (κ2) is 8.94. The van der Waals surface area contributed by atoms with Crippen molar-refractivity contribution in [2.75, 3.05) is 0 Å². The summed E-state index contributed by atoms with van der Waals surface area (Å²) in [6, 6.07) is 10.5. The minimum atomic E-state index is -0.472. The highest BCUT2D eigenvalue weighted by molar-refractivity contribution is 7.99. The van der Waals surface area contributed by atoms with E-state index in [4.69, 9.17) is 5.10 Å². The van der Waals surface area contributed by atoms with Gasteiger partial charge in [0.25, 0.3) is 0 Å². The Morgan fingerprint density at radius 3 is 2.56 bits per heavy atom. The fourth-order valence-corrected chi connectivity index (χ4v) is 5.54. The Labute approximate surface area is 200 Å². The van der Waals surface area contributed by atoms with Crippen LogP contribution in [0.25, 0.3) is 16.6 Å². The number of nitriles is 2. The van der Waals surface area contributed by atoms with Gasteiger partial charge in [0, 0.05) is 33.3 Å². The molecule has 0 amide bonds. The van der Waals surface area contributed by atoms with Crippen LogP contribution in [0.1, 0.15) is 48.5 Å². The molecule has 4 aromatic rings. The Morgan fingerprint density at radius 1 is 1.06 bits per heavy atom. The topological polar surface area (TPSA) is 103 Å². The van der Waals surface area contributed by atoms with Crippen molar-refractivity contribution in [3.8, 4) is 23.3 Å². The van der Waals surface area contributed by atoms with E-state index in [1.165, 1.54) is 30.1 Å². The number of aromatic nitrogens is 4. The Balaban J connectivity index is 1.59. The van der Waals surface area contributed by atoms with Gasteiger partial charge in [-0.3, -0.25) is 4.68 Å². The maximum atomic E-state index is 13.7. The molecule has 5 rings (SSSR count). The zero-order chi connectivity index (χ0) is 23.8. The molecule has 1 aliphatic carbocycles. The Bertz CT molecular complexity index is 1470. The van der Waals surface area contributed by atoms with Crippen molar-refractivity contribution in [2.45, 2.75) is 54.5 Å². The molecule has 0 bridgehead atoms. The lowest BCUT2D eigenvalue weighted by Gasteiger charge is -2.25. The normalized spacial score (nSPS) is 18.0. The van der Waals surface area contributed by atoms with Crippen LogP contribution in [0, 0.1) is 35.4 Å². The lowest BCUT2D eigenvalue weighted by Crippen LogP contribution is -2.21. The maximum Gasteiger partial charge on any atom is 0.124 e. The molecule has 9 heteroatoms. The van der Waals surface area contributed by atoms with E-state index in [0.717, 1.165) is 47.4 Å². The summed E-state index contributed by atoms with van der Waals surface area (Å²) in [6.07, 6.45) is 8.50. The number of hydrogen-bond donors (Lipinski definition) is 1. The number of pyridine rings is 1. The first-order valence-electron chi connectivity index (χ1n) is 11.0. The fourth-order valence-electron chi connectivity index (χ4n) is 4.46. The van der Waals surface area contributed by atoms with Crippen molar-refractivity contribution < 1.29 is 9.50 Å². The lowest BCUT2D eigenvalue weighted by molar-refractivity contribution is 0.108. The first kappa shape index (κ1) is 22.1. The zero-order valence-electron chi connectivity index (χ0n) is 18.4. The van der Waals surface area contributed by atoms with Gasteiger partial charge in [-0.25, -0.2) is 8.91 Å². The van der Waals surface area contributed by atoms with Crippen LogP contribution in [0.15, 0.2) is 52.6 Å². The number of nitrogens with zero attached hydrogens (tertiary/aromatic N) is 6. The van der Waals surface area contributed by atoms with Gasteiger partial charge in [0.15, 0.2) is 0 Å². The highest BCUT2D eigenvalue weighted by Gasteiger charge is 2.23. The summed E-state index contributed by atoms with van der Waals surface area (Å²) >= 11 is 1.30. The van der Waals surface area contributed by atoms with Crippen LogP contribution in [-0.2, 0) is 0 Å². The van der Waals surface area contributed by atoms with Gasteiger partial charge in [-0.05, 0) is 56.9 Å². The lowest BCUT2D eigenvalue weighted by atomic mass is 9.93. The largest absolute Gasteiger partial charge is 0.393 e. The molecule has 1 saturated carbocycles. The van der Waals surface area contributed by atoms with Gasteiger partial charge in [-0.2, -0.15) is 20.7 Å². The smallest absolute Gasteiger partial charge is 0.124 e. The van der Waals surface area contributed by atoms with Crippen molar-refractivity contribution in [1.82, 2.24) is 19.4 Å². The molecule has 0 atom stereocenters. The van der Waals surface area contributed by atoms with E-state index in [2.05, 4.69) is 11.2 Å². The molecular weight excluding hydrogens is 451 g/mol. The van der Waals surface area contributed by atoms with E-state index >= 15 is 0 Å². The van der Waals surface area contributed by atoms with Crippen LogP contribution in [0.3, 0.4) is 0 Å². The third-order valence-corrected chi connectivity index (χ3v) is 7.35. The second-order valence-corrected chi connectivity index (χ2v) is 9.56. The molecule has 3 heterocycles. The van der Waals surface area contributed by atoms with Crippen LogP contribution >= 0.6 is 11.8 Å². The van der Waals surface area contributed by atoms with Crippen molar-refractivity contribution in [1.29, 1.82) is 10.5 Å². The monoisotopic (exact) mass is 472 g/mol. The number of rotatable bonds is 4. The maximum absolute atomic E-state index is 13.7. The van der Waals surface area contributed by atoms with Crippen molar-refractivity contribution in [3.63, 3.8) is 0 Å². The minimum absolute atomic E-state index is 0.228. The predicted octanol–water partition coefficient (Wildman–Crippen LogP) is 5.02. The van der Waals surface area contributed by atoms with E-state index in [0.29, 0.717) is 16.0 Å². The third-order valence-electron chi connectivity index (χ3n) is 6.25. The average molecular weight is 473 g/mol. The third kappa shape index (κ3) is 4.05. The molecule has 1 fully saturated rings. The summed E-state index contributed by atoms with van der Waals surface area (Å²) in [5.41, 5.74) is 3.98. The van der Waals surface area contributed by atoms with Crippen LogP contribution in [0.5, 0.6) is 0 Å². The van der Waals surface area contributed by atoms with Gasteiger partial charge in [-0.1, -0.05) is 11.8 Å². The van der Waals surface area contributed by atoms with Gasteiger partial charge < -0.3 is 5.11 Å².